The first-order valence-corrected chi connectivity index (χ1v) is 7.09. The summed E-state index contributed by atoms with van der Waals surface area (Å²) in [6.07, 6.45) is 3.14. The molecule has 0 bridgehead atoms. The molecule has 0 spiro atoms. The molecule has 1 aliphatic heterocycles. The van der Waals surface area contributed by atoms with Crippen LogP contribution < -0.4 is 0 Å². The van der Waals surface area contributed by atoms with E-state index in [2.05, 4.69) is 0 Å². The minimum atomic E-state index is -1.28. The van der Waals surface area contributed by atoms with Crippen LogP contribution >= 0.6 is 0 Å². The van der Waals surface area contributed by atoms with Gasteiger partial charge in [0.25, 0.3) is 0 Å². The molecule has 6 heteroatoms. The van der Waals surface area contributed by atoms with E-state index in [9.17, 15) is 14.8 Å². The second kappa shape index (κ2) is 4.98. The Labute approximate surface area is 115 Å². The lowest BCUT2D eigenvalue weighted by molar-refractivity contribution is 0.0169. The normalized spacial score (nSPS) is 23.1. The van der Waals surface area contributed by atoms with E-state index in [1.54, 1.807) is 4.90 Å². The molecule has 2 rings (SSSR count). The minimum Gasteiger partial charge on any atom is -0.444 e. The molecule has 0 radical (unpaired) electrons. The van der Waals surface area contributed by atoms with E-state index >= 15 is 0 Å². The second-order valence-corrected chi connectivity index (χ2v) is 6.85. The number of nitrogens with zero attached hydrogens (tertiary/aromatic N) is 1. The summed E-state index contributed by atoms with van der Waals surface area (Å²) in [5.74, 6) is 0.410. The summed E-state index contributed by atoms with van der Waals surface area (Å²) in [6, 6.07) is 0. The number of hydrogen-bond donors (Lipinski definition) is 2. The maximum absolute atomic E-state index is 12.0. The second-order valence-electron chi connectivity index (χ2n) is 6.85. The summed E-state index contributed by atoms with van der Waals surface area (Å²) in [5.41, 5.74) is -0.487. The van der Waals surface area contributed by atoms with Crippen molar-refractivity contribution >= 4 is 13.2 Å². The van der Waals surface area contributed by atoms with E-state index in [-0.39, 0.29) is 6.09 Å². The third-order valence-corrected chi connectivity index (χ3v) is 4.25. The molecule has 0 unspecified atom stereocenters. The van der Waals surface area contributed by atoms with Crippen LogP contribution in [0.25, 0.3) is 0 Å². The number of carbonyl (C=O) groups excluding carboxylic acids is 1. The average Bonchev–Trinajstić information content (AvgIpc) is 3.10. The lowest BCUT2D eigenvalue weighted by Crippen LogP contribution is -2.48. The van der Waals surface area contributed by atoms with E-state index in [0.29, 0.717) is 31.8 Å². The third kappa shape index (κ3) is 3.23. The van der Waals surface area contributed by atoms with Crippen LogP contribution in [0.2, 0.25) is 5.31 Å². The van der Waals surface area contributed by atoms with Crippen molar-refractivity contribution < 1.29 is 19.6 Å². The van der Waals surface area contributed by atoms with Crippen molar-refractivity contribution in [2.24, 2.45) is 5.92 Å². The van der Waals surface area contributed by atoms with Gasteiger partial charge in [0.15, 0.2) is 0 Å². The number of likely N-dealkylation sites (tertiary alicyclic amines) is 1. The average molecular weight is 269 g/mol. The predicted octanol–water partition coefficient (Wildman–Crippen LogP) is 1.64. The molecule has 0 aromatic rings. The number of ether oxygens (including phenoxy) is 1. The largest absolute Gasteiger partial charge is 0.458 e. The number of amides is 1. The maximum atomic E-state index is 12.0. The van der Waals surface area contributed by atoms with Gasteiger partial charge in [0.05, 0.1) is 0 Å². The Bertz CT molecular complexity index is 337. The third-order valence-electron chi connectivity index (χ3n) is 4.25. The molecule has 1 saturated heterocycles. The van der Waals surface area contributed by atoms with Crippen LogP contribution in [-0.4, -0.2) is 46.9 Å². The summed E-state index contributed by atoms with van der Waals surface area (Å²) in [7, 11) is -1.28. The molecule has 1 aliphatic carbocycles. The summed E-state index contributed by atoms with van der Waals surface area (Å²) >= 11 is 0. The highest BCUT2D eigenvalue weighted by Gasteiger charge is 2.54. The number of carbonyl (C=O) groups is 1. The molecule has 2 fully saturated rings. The van der Waals surface area contributed by atoms with Crippen molar-refractivity contribution in [3.05, 3.63) is 0 Å². The van der Waals surface area contributed by atoms with Gasteiger partial charge in [-0.15, -0.1) is 0 Å². The van der Waals surface area contributed by atoms with E-state index in [0.717, 1.165) is 12.8 Å². The smallest absolute Gasteiger partial charge is 0.444 e. The molecular weight excluding hydrogens is 245 g/mol. The topological polar surface area (TPSA) is 70.0 Å². The van der Waals surface area contributed by atoms with Crippen LogP contribution in [0.5, 0.6) is 0 Å². The van der Waals surface area contributed by atoms with Gasteiger partial charge in [0.2, 0.25) is 0 Å². The number of piperidine rings is 1. The molecule has 0 atom stereocenters. The summed E-state index contributed by atoms with van der Waals surface area (Å²) in [4.78, 5) is 13.6. The molecule has 1 amide bonds. The lowest BCUT2D eigenvalue weighted by atomic mass is 9.50. The first-order chi connectivity index (χ1) is 8.74. The Morgan fingerprint density at radius 3 is 2.16 bits per heavy atom. The molecule has 2 N–H and O–H groups in total. The molecule has 2 aliphatic rings. The van der Waals surface area contributed by atoms with E-state index in [4.69, 9.17) is 4.74 Å². The first kappa shape index (κ1) is 14.7. The molecule has 5 nitrogen and oxygen atoms in total. The molecule has 108 valence electrons. The number of rotatable bonds is 2. The maximum Gasteiger partial charge on any atom is 0.458 e. The van der Waals surface area contributed by atoms with Gasteiger partial charge < -0.3 is 19.7 Å². The fourth-order valence-corrected chi connectivity index (χ4v) is 2.97. The van der Waals surface area contributed by atoms with E-state index in [1.165, 1.54) is 0 Å². The zero-order valence-corrected chi connectivity index (χ0v) is 12.1. The SMILES string of the molecule is CC(C)(C)OC(=O)N1CCC(B(O)O)(C2CC2)CC1. The zero-order valence-electron chi connectivity index (χ0n) is 12.1. The van der Waals surface area contributed by atoms with Crippen LogP contribution in [0.15, 0.2) is 0 Å². The summed E-state index contributed by atoms with van der Waals surface area (Å²) in [6.45, 7) is 6.63. The molecular formula is C13H24BNO4. The van der Waals surface area contributed by atoms with Gasteiger partial charge in [-0.1, -0.05) is 12.8 Å². The van der Waals surface area contributed by atoms with E-state index < -0.39 is 18.0 Å². The van der Waals surface area contributed by atoms with Crippen molar-refractivity contribution in [1.29, 1.82) is 0 Å². The van der Waals surface area contributed by atoms with Crippen LogP contribution in [0.1, 0.15) is 46.5 Å². The van der Waals surface area contributed by atoms with Crippen LogP contribution in [-0.2, 0) is 4.74 Å². The van der Waals surface area contributed by atoms with Crippen LogP contribution in [0.3, 0.4) is 0 Å². The Morgan fingerprint density at radius 2 is 1.79 bits per heavy atom. The van der Waals surface area contributed by atoms with Gasteiger partial charge >= 0.3 is 13.2 Å². The van der Waals surface area contributed by atoms with Gasteiger partial charge in [-0.05, 0) is 39.5 Å². The highest BCUT2D eigenvalue weighted by Crippen LogP contribution is 2.57. The Kier molecular flexibility index (Phi) is 3.84. The fraction of sp³-hybridized carbons (Fsp3) is 0.923. The Hall–Kier alpha value is -0.745. The van der Waals surface area contributed by atoms with Crippen molar-refractivity contribution in [2.75, 3.05) is 13.1 Å². The summed E-state index contributed by atoms with van der Waals surface area (Å²) in [5, 5.41) is 18.9. The summed E-state index contributed by atoms with van der Waals surface area (Å²) < 4.78 is 5.34. The quantitative estimate of drug-likeness (QED) is 0.748. The van der Waals surface area contributed by atoms with Crippen molar-refractivity contribution in [1.82, 2.24) is 4.90 Å². The Morgan fingerprint density at radius 1 is 1.26 bits per heavy atom. The monoisotopic (exact) mass is 269 g/mol. The van der Waals surface area contributed by atoms with Gasteiger partial charge in [-0.25, -0.2) is 4.79 Å². The highest BCUT2D eigenvalue weighted by atomic mass is 16.6. The molecule has 0 aromatic heterocycles. The Balaban J connectivity index is 1.93. The zero-order chi connectivity index (χ0) is 14.3. The first-order valence-electron chi connectivity index (χ1n) is 7.09. The van der Waals surface area contributed by atoms with Crippen LogP contribution in [0, 0.1) is 5.92 Å². The van der Waals surface area contributed by atoms with Gasteiger partial charge in [-0.3, -0.25) is 0 Å². The molecule has 19 heavy (non-hydrogen) atoms. The molecule has 1 saturated carbocycles. The minimum absolute atomic E-state index is 0.302. The molecule has 0 aromatic carbocycles. The van der Waals surface area contributed by atoms with Crippen molar-refractivity contribution in [3.8, 4) is 0 Å². The van der Waals surface area contributed by atoms with E-state index in [1.807, 2.05) is 20.8 Å². The molecule has 1 heterocycles. The standard InChI is InChI=1S/C13H24BNO4/c1-12(2,3)19-11(16)15-8-6-13(7-9-15,14(17)18)10-4-5-10/h10,17-18H,4-9H2,1-3H3. The predicted molar refractivity (Wildman–Crippen MR) is 72.6 cm³/mol. The fourth-order valence-electron chi connectivity index (χ4n) is 2.97. The highest BCUT2D eigenvalue weighted by molar-refractivity contribution is 6.45. The van der Waals surface area contributed by atoms with Crippen molar-refractivity contribution in [2.45, 2.75) is 57.4 Å². The number of hydrogen-bond acceptors (Lipinski definition) is 4. The van der Waals surface area contributed by atoms with Crippen molar-refractivity contribution in [3.63, 3.8) is 0 Å². The van der Waals surface area contributed by atoms with Crippen LogP contribution in [0.4, 0.5) is 4.79 Å². The van der Waals surface area contributed by atoms with Gasteiger partial charge in [0, 0.05) is 18.4 Å². The van der Waals surface area contributed by atoms with Gasteiger partial charge in [0.1, 0.15) is 5.60 Å². The van der Waals surface area contributed by atoms with Gasteiger partial charge in [-0.2, -0.15) is 0 Å². The lowest BCUT2D eigenvalue weighted by Gasteiger charge is -2.41.